The van der Waals surface area contributed by atoms with Gasteiger partial charge in [-0.3, -0.25) is 0 Å². The number of hydrogen-bond donors (Lipinski definition) is 1. The highest BCUT2D eigenvalue weighted by molar-refractivity contribution is 5.81. The predicted molar refractivity (Wildman–Crippen MR) is 83.5 cm³/mol. The summed E-state index contributed by atoms with van der Waals surface area (Å²) < 4.78 is 37.1. The molecule has 0 aliphatic carbocycles. The van der Waals surface area contributed by atoms with Crippen molar-refractivity contribution < 1.29 is 27.8 Å². The first-order valence-electron chi connectivity index (χ1n) is 7.75. The third kappa shape index (κ3) is 10.9. The minimum absolute atomic E-state index is 0.227. The van der Waals surface area contributed by atoms with Crippen LogP contribution in [0, 0.1) is 0 Å². The molecule has 0 saturated heterocycles. The van der Waals surface area contributed by atoms with E-state index in [0.29, 0.717) is 0 Å². The van der Waals surface area contributed by atoms with E-state index in [1.807, 2.05) is 0 Å². The number of ether oxygens (including phenoxy) is 2. The van der Waals surface area contributed by atoms with E-state index >= 15 is 0 Å². The minimum Gasteiger partial charge on any atom is -0.458 e. The van der Waals surface area contributed by atoms with Crippen LogP contribution in [0.25, 0.3) is 0 Å². The number of alkyl halides is 2. The molecule has 0 aliphatic rings. The molecule has 0 bridgehead atoms. The van der Waals surface area contributed by atoms with Crippen molar-refractivity contribution in [1.82, 2.24) is 5.32 Å². The predicted octanol–water partition coefficient (Wildman–Crippen LogP) is 4.05. The second kappa shape index (κ2) is 7.93. The summed E-state index contributed by atoms with van der Waals surface area (Å²) >= 11 is 0. The second-order valence-corrected chi connectivity index (χ2v) is 7.48. The molecule has 23 heavy (non-hydrogen) atoms. The van der Waals surface area contributed by atoms with Crippen LogP contribution < -0.4 is 5.32 Å². The molecule has 5 nitrogen and oxygen atoms in total. The summed E-state index contributed by atoms with van der Waals surface area (Å²) in [5, 5.41) is 2.32. The highest BCUT2D eigenvalue weighted by atomic mass is 19.3. The molecule has 136 valence electrons. The quantitative estimate of drug-likeness (QED) is 0.743. The molecule has 1 amide bonds. The zero-order chi connectivity index (χ0) is 18.5. The van der Waals surface area contributed by atoms with Gasteiger partial charge in [-0.05, 0) is 48.0 Å². The third-order valence-corrected chi connectivity index (χ3v) is 2.70. The Kier molecular flexibility index (Phi) is 7.44. The number of amides is 1. The fourth-order valence-electron chi connectivity index (χ4n) is 1.60. The Morgan fingerprint density at radius 3 is 1.87 bits per heavy atom. The Labute approximate surface area is 137 Å². The zero-order valence-electron chi connectivity index (χ0n) is 15.1. The van der Waals surface area contributed by atoms with E-state index in [0.717, 1.165) is 0 Å². The van der Waals surface area contributed by atoms with Gasteiger partial charge < -0.3 is 14.8 Å². The molecule has 0 spiro atoms. The van der Waals surface area contributed by atoms with E-state index in [9.17, 15) is 18.4 Å². The molecule has 0 radical (unpaired) electrons. The molecule has 0 aromatic heterocycles. The molecule has 7 heteroatoms. The summed E-state index contributed by atoms with van der Waals surface area (Å²) in [4.78, 5) is 23.9. The topological polar surface area (TPSA) is 64.6 Å². The van der Waals surface area contributed by atoms with Crippen LogP contribution in [0.2, 0.25) is 0 Å². The maximum absolute atomic E-state index is 13.4. The first-order valence-corrected chi connectivity index (χ1v) is 7.75. The van der Waals surface area contributed by atoms with Gasteiger partial charge in [0, 0.05) is 12.8 Å². The molecule has 0 fully saturated rings. The van der Waals surface area contributed by atoms with Gasteiger partial charge in [0.2, 0.25) is 5.92 Å². The van der Waals surface area contributed by atoms with Crippen molar-refractivity contribution in [2.75, 3.05) is 0 Å². The van der Waals surface area contributed by atoms with Gasteiger partial charge in [-0.25, -0.2) is 18.4 Å². The van der Waals surface area contributed by atoms with Crippen LogP contribution in [0.4, 0.5) is 13.6 Å². The lowest BCUT2D eigenvalue weighted by molar-refractivity contribution is -0.158. The van der Waals surface area contributed by atoms with E-state index in [1.54, 1.807) is 41.5 Å². The molecular formula is C16H29F2NO4. The zero-order valence-corrected chi connectivity index (χ0v) is 15.1. The summed E-state index contributed by atoms with van der Waals surface area (Å²) in [6.07, 6.45) is -1.92. The average Bonchev–Trinajstić information content (AvgIpc) is 2.30. The lowest BCUT2D eigenvalue weighted by Crippen LogP contribution is -2.46. The Bertz CT molecular complexity index is 411. The van der Waals surface area contributed by atoms with Crippen LogP contribution in [0.1, 0.15) is 67.7 Å². The van der Waals surface area contributed by atoms with Gasteiger partial charge in [0.05, 0.1) is 0 Å². The lowest BCUT2D eigenvalue weighted by atomic mass is 10.1. The summed E-state index contributed by atoms with van der Waals surface area (Å²) in [6, 6.07) is -1.18. The van der Waals surface area contributed by atoms with Crippen LogP contribution in [0.5, 0.6) is 0 Å². The van der Waals surface area contributed by atoms with E-state index < -0.39 is 41.6 Å². The summed E-state index contributed by atoms with van der Waals surface area (Å²) in [6.45, 7) is 11.4. The average molecular weight is 337 g/mol. The van der Waals surface area contributed by atoms with Crippen molar-refractivity contribution in [2.24, 2.45) is 0 Å². The largest absolute Gasteiger partial charge is 0.458 e. The fraction of sp³-hybridized carbons (Fsp3) is 0.875. The third-order valence-electron chi connectivity index (χ3n) is 2.70. The Morgan fingerprint density at radius 1 is 1.00 bits per heavy atom. The fourth-order valence-corrected chi connectivity index (χ4v) is 1.60. The number of carbonyl (C=O) groups is 2. The monoisotopic (exact) mass is 337 g/mol. The molecule has 0 aromatic carbocycles. The SMILES string of the molecule is CCC(F)(F)CCC(NC(=O)OC(C)(C)C)C(=O)OC(C)(C)C. The minimum atomic E-state index is -2.89. The number of hydrogen-bond acceptors (Lipinski definition) is 4. The van der Waals surface area contributed by atoms with Crippen LogP contribution in [-0.2, 0) is 14.3 Å². The molecule has 1 unspecified atom stereocenters. The van der Waals surface area contributed by atoms with E-state index in [2.05, 4.69) is 5.32 Å². The Balaban J connectivity index is 4.93. The lowest BCUT2D eigenvalue weighted by Gasteiger charge is -2.27. The van der Waals surface area contributed by atoms with Gasteiger partial charge in [-0.2, -0.15) is 0 Å². The van der Waals surface area contributed by atoms with Crippen molar-refractivity contribution in [2.45, 2.75) is 90.9 Å². The maximum Gasteiger partial charge on any atom is 0.408 e. The Morgan fingerprint density at radius 2 is 1.48 bits per heavy atom. The summed E-state index contributed by atoms with van der Waals surface area (Å²) in [5.41, 5.74) is -1.53. The molecule has 0 rings (SSSR count). The van der Waals surface area contributed by atoms with Crippen LogP contribution >= 0.6 is 0 Å². The van der Waals surface area contributed by atoms with E-state index in [4.69, 9.17) is 9.47 Å². The van der Waals surface area contributed by atoms with E-state index in [1.165, 1.54) is 6.92 Å². The van der Waals surface area contributed by atoms with Crippen molar-refractivity contribution in [3.63, 3.8) is 0 Å². The number of nitrogens with one attached hydrogen (secondary N) is 1. The van der Waals surface area contributed by atoms with Crippen molar-refractivity contribution in [1.29, 1.82) is 0 Å². The number of rotatable bonds is 6. The van der Waals surface area contributed by atoms with Crippen molar-refractivity contribution in [3.05, 3.63) is 0 Å². The normalized spacial score (nSPS) is 14.1. The highest BCUT2D eigenvalue weighted by Gasteiger charge is 2.33. The van der Waals surface area contributed by atoms with Gasteiger partial charge in [-0.15, -0.1) is 0 Å². The van der Waals surface area contributed by atoms with E-state index in [-0.39, 0.29) is 12.8 Å². The number of carbonyl (C=O) groups excluding carboxylic acids is 2. The molecular weight excluding hydrogens is 308 g/mol. The first kappa shape index (κ1) is 21.6. The van der Waals surface area contributed by atoms with Gasteiger partial charge >= 0.3 is 12.1 Å². The summed E-state index contributed by atoms with van der Waals surface area (Å²) in [7, 11) is 0. The molecule has 1 N–H and O–H groups in total. The van der Waals surface area contributed by atoms with Crippen LogP contribution in [0.15, 0.2) is 0 Å². The number of halogens is 2. The molecule has 0 aromatic rings. The Hall–Kier alpha value is -1.40. The first-order chi connectivity index (χ1) is 10.2. The van der Waals surface area contributed by atoms with Gasteiger partial charge in [0.25, 0.3) is 0 Å². The standard InChI is InChI=1S/C16H29F2NO4/c1-8-16(17,18)10-9-11(12(20)22-14(2,3)4)19-13(21)23-15(5,6)7/h11H,8-10H2,1-7H3,(H,19,21). The van der Waals surface area contributed by atoms with Crippen LogP contribution in [-0.4, -0.2) is 35.2 Å². The smallest absolute Gasteiger partial charge is 0.408 e. The van der Waals surface area contributed by atoms with Crippen molar-refractivity contribution >= 4 is 12.1 Å². The van der Waals surface area contributed by atoms with Gasteiger partial charge in [0.15, 0.2) is 0 Å². The molecule has 0 heterocycles. The molecule has 0 saturated carbocycles. The van der Waals surface area contributed by atoms with Gasteiger partial charge in [-0.1, -0.05) is 6.92 Å². The second-order valence-electron chi connectivity index (χ2n) is 7.48. The van der Waals surface area contributed by atoms with Crippen LogP contribution in [0.3, 0.4) is 0 Å². The number of esters is 1. The van der Waals surface area contributed by atoms with Gasteiger partial charge in [0.1, 0.15) is 17.2 Å². The molecule has 0 aliphatic heterocycles. The highest BCUT2D eigenvalue weighted by Crippen LogP contribution is 2.25. The number of alkyl carbamates (subject to hydrolysis) is 1. The summed E-state index contributed by atoms with van der Waals surface area (Å²) in [5.74, 6) is -3.65. The maximum atomic E-state index is 13.4. The molecule has 1 atom stereocenters. The van der Waals surface area contributed by atoms with Crippen molar-refractivity contribution in [3.8, 4) is 0 Å².